The van der Waals surface area contributed by atoms with E-state index in [0.717, 1.165) is 0 Å². The molecule has 1 N–H and O–H groups in total. The van der Waals surface area contributed by atoms with Crippen LogP contribution in [-0.4, -0.2) is 23.5 Å². The Morgan fingerprint density at radius 2 is 1.81 bits per heavy atom. The molecule has 0 radical (unpaired) electrons. The fourth-order valence-corrected chi connectivity index (χ4v) is 1.05. The molecule has 4 heteroatoms. The van der Waals surface area contributed by atoms with Gasteiger partial charge in [-0.25, -0.2) is 4.79 Å². The lowest BCUT2D eigenvalue weighted by Gasteiger charge is -2.25. The maximum Gasteiger partial charge on any atom is 0.329 e. The first-order chi connectivity index (χ1) is 7.17. The Morgan fingerprint density at radius 1 is 1.31 bits per heavy atom. The van der Waals surface area contributed by atoms with Gasteiger partial charge in [-0.15, -0.1) is 6.42 Å². The zero-order valence-electron chi connectivity index (χ0n) is 10.5. The molecule has 0 aliphatic carbocycles. The summed E-state index contributed by atoms with van der Waals surface area (Å²) in [7, 11) is 0. The van der Waals surface area contributed by atoms with E-state index in [1.165, 1.54) is 0 Å². The highest BCUT2D eigenvalue weighted by Crippen LogP contribution is 2.12. The number of ether oxygens (including phenoxy) is 1. The Labute approximate surface area is 96.7 Å². The number of hydrogen-bond donors (Lipinski definition) is 1. The second-order valence-electron chi connectivity index (χ2n) is 4.87. The summed E-state index contributed by atoms with van der Waals surface area (Å²) < 4.78 is 5.18. The van der Waals surface area contributed by atoms with Crippen LogP contribution in [0, 0.1) is 18.3 Å². The van der Waals surface area contributed by atoms with Gasteiger partial charge in [-0.1, -0.05) is 13.8 Å². The molecule has 0 aromatic rings. The number of nitrogens with one attached hydrogen (secondary N) is 1. The molecule has 0 aromatic carbocycles. The Morgan fingerprint density at radius 3 is 2.12 bits per heavy atom. The molecule has 0 heterocycles. The van der Waals surface area contributed by atoms with Crippen LogP contribution in [-0.2, 0) is 14.3 Å². The zero-order chi connectivity index (χ0) is 12.9. The van der Waals surface area contributed by atoms with Gasteiger partial charge in [0.1, 0.15) is 11.6 Å². The molecule has 1 atom stereocenters. The van der Waals surface area contributed by atoms with Gasteiger partial charge in [0.15, 0.2) is 0 Å². The molecule has 0 spiro atoms. The third kappa shape index (κ3) is 5.40. The Balaban J connectivity index is 4.62. The molecular weight excluding hydrogens is 206 g/mol. The highest BCUT2D eigenvalue weighted by atomic mass is 16.6. The van der Waals surface area contributed by atoms with E-state index in [4.69, 9.17) is 11.2 Å². The van der Waals surface area contributed by atoms with Crippen molar-refractivity contribution in [1.29, 1.82) is 0 Å². The zero-order valence-corrected chi connectivity index (χ0v) is 10.5. The summed E-state index contributed by atoms with van der Waals surface area (Å²) >= 11 is 0. The molecule has 0 rings (SSSR count). The summed E-state index contributed by atoms with van der Waals surface area (Å²) in [5.41, 5.74) is -0.578. The van der Waals surface area contributed by atoms with Gasteiger partial charge in [-0.3, -0.25) is 4.79 Å². The molecule has 16 heavy (non-hydrogen) atoms. The molecule has 0 aliphatic heterocycles. The van der Waals surface area contributed by atoms with Crippen LogP contribution in [0.2, 0.25) is 0 Å². The molecule has 4 nitrogen and oxygen atoms in total. The monoisotopic (exact) mass is 225 g/mol. The van der Waals surface area contributed by atoms with Crippen LogP contribution in [0.25, 0.3) is 0 Å². The van der Waals surface area contributed by atoms with Crippen molar-refractivity contribution in [3.63, 3.8) is 0 Å². The number of carbonyl (C=O) groups excluding carboxylic acids is 2. The molecule has 0 saturated heterocycles. The average Bonchev–Trinajstić information content (AvgIpc) is 2.09. The smallest absolute Gasteiger partial charge is 0.329 e. The maximum atomic E-state index is 11.7. The van der Waals surface area contributed by atoms with E-state index in [-0.39, 0.29) is 5.92 Å². The van der Waals surface area contributed by atoms with Crippen molar-refractivity contribution in [2.75, 3.05) is 0 Å². The standard InChI is InChI=1S/C12H19NO3/c1-7-9(14)13-10(8(2)3)11(15)16-12(4,5)6/h1,8,10H,2-6H3,(H,13,14)/t10-/m0/s1. The van der Waals surface area contributed by atoms with Gasteiger partial charge in [-0.2, -0.15) is 0 Å². The second kappa shape index (κ2) is 5.55. The topological polar surface area (TPSA) is 55.4 Å². The first kappa shape index (κ1) is 14.5. The van der Waals surface area contributed by atoms with Gasteiger partial charge in [0.05, 0.1) is 0 Å². The first-order valence-corrected chi connectivity index (χ1v) is 5.17. The normalized spacial score (nSPS) is 12.8. The van der Waals surface area contributed by atoms with Crippen LogP contribution in [0.4, 0.5) is 0 Å². The SMILES string of the molecule is C#CC(=O)N[C@H](C(=O)OC(C)(C)C)C(C)C. The predicted molar refractivity (Wildman–Crippen MR) is 61.4 cm³/mol. The summed E-state index contributed by atoms with van der Waals surface area (Å²) in [5.74, 6) is 0.760. The predicted octanol–water partition coefficient (Wildman–Crippen LogP) is 1.10. The van der Waals surface area contributed by atoms with Gasteiger partial charge in [0.2, 0.25) is 0 Å². The van der Waals surface area contributed by atoms with Gasteiger partial charge >= 0.3 is 5.97 Å². The molecule has 0 fully saturated rings. The van der Waals surface area contributed by atoms with E-state index in [9.17, 15) is 9.59 Å². The second-order valence-corrected chi connectivity index (χ2v) is 4.87. The Kier molecular flexibility index (Phi) is 5.03. The van der Waals surface area contributed by atoms with E-state index in [1.54, 1.807) is 20.8 Å². The molecule has 0 unspecified atom stereocenters. The van der Waals surface area contributed by atoms with E-state index < -0.39 is 23.5 Å². The number of esters is 1. The summed E-state index contributed by atoms with van der Waals surface area (Å²) in [6, 6.07) is -0.706. The van der Waals surface area contributed by atoms with E-state index in [0.29, 0.717) is 0 Å². The van der Waals surface area contributed by atoms with Crippen molar-refractivity contribution in [2.45, 2.75) is 46.3 Å². The van der Waals surface area contributed by atoms with Crippen molar-refractivity contribution in [1.82, 2.24) is 5.32 Å². The number of amides is 1. The molecular formula is C12H19NO3. The highest BCUT2D eigenvalue weighted by Gasteiger charge is 2.28. The van der Waals surface area contributed by atoms with Gasteiger partial charge in [0, 0.05) is 0 Å². The van der Waals surface area contributed by atoms with Crippen molar-refractivity contribution < 1.29 is 14.3 Å². The lowest BCUT2D eigenvalue weighted by atomic mass is 10.0. The third-order valence-corrected chi connectivity index (χ3v) is 1.75. The van der Waals surface area contributed by atoms with Gasteiger partial charge in [-0.05, 0) is 32.6 Å². The quantitative estimate of drug-likeness (QED) is 0.578. The minimum Gasteiger partial charge on any atom is -0.458 e. The number of hydrogen-bond acceptors (Lipinski definition) is 3. The van der Waals surface area contributed by atoms with Gasteiger partial charge in [0.25, 0.3) is 5.91 Å². The lowest BCUT2D eigenvalue weighted by molar-refractivity contribution is -0.159. The highest BCUT2D eigenvalue weighted by molar-refractivity contribution is 5.95. The first-order valence-electron chi connectivity index (χ1n) is 5.17. The van der Waals surface area contributed by atoms with Crippen LogP contribution in [0.5, 0.6) is 0 Å². The number of terminal acetylenes is 1. The summed E-state index contributed by atoms with van der Waals surface area (Å²) in [4.78, 5) is 22.8. The van der Waals surface area contributed by atoms with Crippen molar-refractivity contribution in [3.8, 4) is 12.3 Å². The fraction of sp³-hybridized carbons (Fsp3) is 0.667. The third-order valence-electron chi connectivity index (χ3n) is 1.75. The van der Waals surface area contributed by atoms with Gasteiger partial charge < -0.3 is 10.1 Å². The van der Waals surface area contributed by atoms with Crippen molar-refractivity contribution in [2.24, 2.45) is 5.92 Å². The summed E-state index contributed by atoms with van der Waals surface area (Å²) in [5, 5.41) is 2.44. The lowest BCUT2D eigenvalue weighted by Crippen LogP contribution is -2.46. The van der Waals surface area contributed by atoms with E-state index in [1.807, 2.05) is 19.8 Å². The molecule has 0 saturated carbocycles. The molecule has 0 aromatic heterocycles. The number of carbonyl (C=O) groups is 2. The maximum absolute atomic E-state index is 11.7. The van der Waals surface area contributed by atoms with Crippen LogP contribution >= 0.6 is 0 Å². The van der Waals surface area contributed by atoms with E-state index >= 15 is 0 Å². The van der Waals surface area contributed by atoms with Crippen molar-refractivity contribution >= 4 is 11.9 Å². The molecule has 0 aliphatic rings. The molecule has 1 amide bonds. The van der Waals surface area contributed by atoms with Crippen LogP contribution in [0.1, 0.15) is 34.6 Å². The Hall–Kier alpha value is -1.50. The van der Waals surface area contributed by atoms with Crippen LogP contribution in [0.3, 0.4) is 0 Å². The number of rotatable bonds is 3. The van der Waals surface area contributed by atoms with Crippen molar-refractivity contribution in [3.05, 3.63) is 0 Å². The van der Waals surface area contributed by atoms with Crippen LogP contribution in [0.15, 0.2) is 0 Å². The minimum atomic E-state index is -0.706. The van der Waals surface area contributed by atoms with Crippen LogP contribution < -0.4 is 5.32 Å². The average molecular weight is 225 g/mol. The summed E-state index contributed by atoms with van der Waals surface area (Å²) in [6.07, 6.45) is 4.93. The van der Waals surface area contributed by atoms with E-state index in [2.05, 4.69) is 5.32 Å². The minimum absolute atomic E-state index is 0.0767. The molecule has 90 valence electrons. The molecule has 0 bridgehead atoms. The Bertz CT molecular complexity index is 307. The fourth-order valence-electron chi connectivity index (χ4n) is 1.05. The summed E-state index contributed by atoms with van der Waals surface area (Å²) in [6.45, 7) is 8.93. The largest absolute Gasteiger partial charge is 0.458 e.